The number of nitrogens with one attached hydrogen (secondary N) is 1. The highest BCUT2D eigenvalue weighted by atomic mass is 35.5. The Morgan fingerprint density at radius 3 is 2.65 bits per heavy atom. The quantitative estimate of drug-likeness (QED) is 0.469. The van der Waals surface area contributed by atoms with Gasteiger partial charge in [-0.2, -0.15) is 14.9 Å². The minimum Gasteiger partial charge on any atom is -0.490 e. The van der Waals surface area contributed by atoms with E-state index in [0.29, 0.717) is 33.1 Å². The number of nitrogens with zero attached hydrogens (tertiary/aromatic N) is 3. The molecule has 1 aromatic heterocycles. The zero-order valence-electron chi connectivity index (χ0n) is 14.7. The first-order valence-corrected chi connectivity index (χ1v) is 10.1. The van der Waals surface area contributed by atoms with Crippen LogP contribution < -0.4 is 4.74 Å². The number of rotatable bonds is 6. The summed E-state index contributed by atoms with van der Waals surface area (Å²) in [4.78, 5) is 0. The van der Waals surface area contributed by atoms with Crippen molar-refractivity contribution in [2.24, 2.45) is 5.10 Å². The number of H-pyrrole nitrogens is 1. The van der Waals surface area contributed by atoms with Crippen LogP contribution in [0.2, 0.25) is 10.0 Å². The van der Waals surface area contributed by atoms with E-state index in [0.717, 1.165) is 30.7 Å². The SMILES string of the molecule is CCCOc1c(Cl)cc(/C=N\n2c(C3CCCCC3)n[nH]c2=S)cc1Cl. The van der Waals surface area contributed by atoms with Crippen LogP contribution in [0.15, 0.2) is 17.2 Å². The highest BCUT2D eigenvalue weighted by Gasteiger charge is 2.21. The Morgan fingerprint density at radius 2 is 2.00 bits per heavy atom. The third kappa shape index (κ3) is 4.48. The summed E-state index contributed by atoms with van der Waals surface area (Å²) in [5, 5.41) is 12.7. The van der Waals surface area contributed by atoms with Crippen LogP contribution in [0.4, 0.5) is 0 Å². The predicted molar refractivity (Wildman–Crippen MR) is 108 cm³/mol. The third-order valence-corrected chi connectivity index (χ3v) is 5.26. The molecular weight excluding hydrogens is 391 g/mol. The van der Waals surface area contributed by atoms with Gasteiger partial charge in [-0.25, -0.2) is 0 Å². The largest absolute Gasteiger partial charge is 0.490 e. The molecule has 0 atom stereocenters. The second kappa shape index (κ2) is 9.02. The maximum absolute atomic E-state index is 6.30. The van der Waals surface area contributed by atoms with Crippen LogP contribution in [0.25, 0.3) is 0 Å². The van der Waals surface area contributed by atoms with Gasteiger partial charge in [-0.3, -0.25) is 5.10 Å². The van der Waals surface area contributed by atoms with Crippen LogP contribution in [-0.2, 0) is 0 Å². The van der Waals surface area contributed by atoms with Crippen LogP contribution in [0.1, 0.15) is 62.8 Å². The molecule has 0 aliphatic heterocycles. The summed E-state index contributed by atoms with van der Waals surface area (Å²) in [6.07, 6.45) is 8.55. The zero-order valence-corrected chi connectivity index (χ0v) is 17.0. The van der Waals surface area contributed by atoms with Crippen molar-refractivity contribution in [3.8, 4) is 5.75 Å². The maximum Gasteiger partial charge on any atom is 0.216 e. The Morgan fingerprint density at radius 1 is 1.31 bits per heavy atom. The number of hydrogen-bond donors (Lipinski definition) is 1. The van der Waals surface area contributed by atoms with Crippen LogP contribution in [-0.4, -0.2) is 27.7 Å². The maximum atomic E-state index is 6.30. The van der Waals surface area contributed by atoms with E-state index in [9.17, 15) is 0 Å². The fraction of sp³-hybridized carbons (Fsp3) is 0.500. The molecule has 1 heterocycles. The number of ether oxygens (including phenoxy) is 1. The summed E-state index contributed by atoms with van der Waals surface area (Å²) in [5.74, 6) is 1.80. The molecule has 3 rings (SSSR count). The van der Waals surface area contributed by atoms with E-state index in [4.69, 9.17) is 40.2 Å². The Kier molecular flexibility index (Phi) is 6.73. The Bertz CT molecular complexity index is 817. The van der Waals surface area contributed by atoms with E-state index in [1.165, 1.54) is 19.3 Å². The standard InChI is InChI=1S/C18H22Cl2N4OS/c1-2-8-25-16-14(19)9-12(10-15(16)20)11-21-24-17(22-23-18(24)26)13-6-4-3-5-7-13/h9-11,13H,2-8H2,1H3,(H,23,26)/b21-11-. The molecule has 1 saturated carbocycles. The fourth-order valence-electron chi connectivity index (χ4n) is 3.16. The van der Waals surface area contributed by atoms with Gasteiger partial charge in [-0.05, 0) is 49.2 Å². The molecule has 140 valence electrons. The molecule has 8 heteroatoms. The highest BCUT2D eigenvalue weighted by molar-refractivity contribution is 7.71. The number of aromatic nitrogens is 3. The molecule has 0 bridgehead atoms. The smallest absolute Gasteiger partial charge is 0.216 e. The molecule has 1 aromatic carbocycles. The summed E-state index contributed by atoms with van der Waals surface area (Å²) in [5.41, 5.74) is 0.779. The van der Waals surface area contributed by atoms with Gasteiger partial charge in [-0.1, -0.05) is 49.4 Å². The van der Waals surface area contributed by atoms with E-state index in [2.05, 4.69) is 15.3 Å². The van der Waals surface area contributed by atoms with Crippen molar-refractivity contribution in [2.45, 2.75) is 51.4 Å². The Labute approximate surface area is 168 Å². The molecule has 2 aromatic rings. The Balaban J connectivity index is 1.84. The van der Waals surface area contributed by atoms with Crippen molar-refractivity contribution in [3.63, 3.8) is 0 Å². The van der Waals surface area contributed by atoms with Crippen molar-refractivity contribution in [1.29, 1.82) is 0 Å². The predicted octanol–water partition coefficient (Wildman–Crippen LogP) is 5.97. The van der Waals surface area contributed by atoms with Gasteiger partial charge in [0.15, 0.2) is 11.6 Å². The monoisotopic (exact) mass is 412 g/mol. The summed E-state index contributed by atoms with van der Waals surface area (Å²) in [7, 11) is 0. The van der Waals surface area contributed by atoms with Gasteiger partial charge in [0, 0.05) is 5.92 Å². The lowest BCUT2D eigenvalue weighted by Gasteiger charge is -2.19. The minimum atomic E-state index is 0.394. The molecule has 1 aliphatic carbocycles. The molecule has 0 unspecified atom stereocenters. The van der Waals surface area contributed by atoms with Crippen molar-refractivity contribution in [3.05, 3.63) is 38.3 Å². The normalized spacial score (nSPS) is 15.7. The van der Waals surface area contributed by atoms with Crippen molar-refractivity contribution < 1.29 is 4.74 Å². The lowest BCUT2D eigenvalue weighted by atomic mass is 9.89. The molecule has 0 radical (unpaired) electrons. The molecule has 1 aliphatic rings. The number of hydrogen-bond acceptors (Lipinski definition) is 4. The zero-order chi connectivity index (χ0) is 18.5. The lowest BCUT2D eigenvalue weighted by Crippen LogP contribution is -2.10. The summed E-state index contributed by atoms with van der Waals surface area (Å²) in [6, 6.07) is 3.57. The van der Waals surface area contributed by atoms with Crippen LogP contribution >= 0.6 is 35.4 Å². The molecule has 0 saturated heterocycles. The average Bonchev–Trinajstić information content (AvgIpc) is 3.01. The second-order valence-corrected chi connectivity index (χ2v) is 7.64. The van der Waals surface area contributed by atoms with Crippen LogP contribution in [0.3, 0.4) is 0 Å². The first kappa shape index (κ1) is 19.4. The second-order valence-electron chi connectivity index (χ2n) is 6.44. The third-order valence-electron chi connectivity index (χ3n) is 4.44. The van der Waals surface area contributed by atoms with Crippen LogP contribution in [0.5, 0.6) is 5.75 Å². The molecule has 1 fully saturated rings. The van der Waals surface area contributed by atoms with Crippen molar-refractivity contribution >= 4 is 41.6 Å². The molecular formula is C18H22Cl2N4OS. The molecule has 1 N–H and O–H groups in total. The van der Waals surface area contributed by atoms with Crippen molar-refractivity contribution in [2.75, 3.05) is 6.61 Å². The number of aromatic amines is 1. The molecule has 26 heavy (non-hydrogen) atoms. The summed E-state index contributed by atoms with van der Waals surface area (Å²) >= 11 is 17.9. The van der Waals surface area contributed by atoms with E-state index in [1.807, 2.05) is 6.92 Å². The van der Waals surface area contributed by atoms with E-state index >= 15 is 0 Å². The number of halogens is 2. The molecule has 0 spiro atoms. The van der Waals surface area contributed by atoms with Gasteiger partial charge in [0.25, 0.3) is 0 Å². The van der Waals surface area contributed by atoms with Gasteiger partial charge < -0.3 is 4.74 Å². The fourth-order valence-corrected chi connectivity index (χ4v) is 3.96. The molecule has 0 amide bonds. The lowest BCUT2D eigenvalue weighted by molar-refractivity contribution is 0.318. The minimum absolute atomic E-state index is 0.394. The highest BCUT2D eigenvalue weighted by Crippen LogP contribution is 2.34. The number of benzene rings is 1. The van der Waals surface area contributed by atoms with Gasteiger partial charge in [0.1, 0.15) is 0 Å². The van der Waals surface area contributed by atoms with E-state index in [-0.39, 0.29) is 0 Å². The average molecular weight is 413 g/mol. The summed E-state index contributed by atoms with van der Waals surface area (Å²) in [6.45, 7) is 2.60. The van der Waals surface area contributed by atoms with Gasteiger partial charge in [0.2, 0.25) is 4.77 Å². The van der Waals surface area contributed by atoms with Gasteiger partial charge in [-0.15, -0.1) is 0 Å². The van der Waals surface area contributed by atoms with E-state index in [1.54, 1.807) is 23.0 Å². The van der Waals surface area contributed by atoms with Crippen molar-refractivity contribution in [1.82, 2.24) is 14.9 Å². The van der Waals surface area contributed by atoms with Gasteiger partial charge in [0.05, 0.1) is 22.9 Å². The first-order valence-electron chi connectivity index (χ1n) is 8.93. The topological polar surface area (TPSA) is 55.2 Å². The van der Waals surface area contributed by atoms with Crippen LogP contribution in [0, 0.1) is 4.77 Å². The summed E-state index contributed by atoms with van der Waals surface area (Å²) < 4.78 is 7.79. The Hall–Kier alpha value is -1.37. The molecule has 5 nitrogen and oxygen atoms in total. The first-order chi connectivity index (χ1) is 12.6. The van der Waals surface area contributed by atoms with Gasteiger partial charge >= 0.3 is 0 Å². The van der Waals surface area contributed by atoms with E-state index < -0.39 is 0 Å².